The van der Waals surface area contributed by atoms with Crippen molar-refractivity contribution in [1.82, 2.24) is 4.98 Å². The Morgan fingerprint density at radius 3 is 2.32 bits per heavy atom. The maximum absolute atomic E-state index is 11.6. The molecule has 0 spiro atoms. The zero-order chi connectivity index (χ0) is 16.1. The lowest BCUT2D eigenvalue weighted by atomic mass is 9.80. The molecule has 0 amide bonds. The Morgan fingerprint density at radius 1 is 1.14 bits per heavy atom. The summed E-state index contributed by atoms with van der Waals surface area (Å²) in [5.41, 5.74) is 0.0564. The van der Waals surface area contributed by atoms with E-state index in [0.29, 0.717) is 5.59 Å². The van der Waals surface area contributed by atoms with Crippen LogP contribution < -0.4 is 5.59 Å². The zero-order valence-electron chi connectivity index (χ0n) is 13.1. The van der Waals surface area contributed by atoms with Crippen LogP contribution in [0.2, 0.25) is 0 Å². The van der Waals surface area contributed by atoms with Gasteiger partial charge in [-0.05, 0) is 39.8 Å². The first-order valence-electron chi connectivity index (χ1n) is 7.20. The molecular formula is C16H18BNO4. The molecule has 0 unspecified atom stereocenters. The summed E-state index contributed by atoms with van der Waals surface area (Å²) in [4.78, 5) is 16.1. The molecule has 0 bridgehead atoms. The minimum absolute atomic E-state index is 0.109. The molecule has 1 saturated heterocycles. The van der Waals surface area contributed by atoms with Gasteiger partial charge in [-0.25, -0.2) is 4.79 Å². The van der Waals surface area contributed by atoms with E-state index in [1.165, 1.54) is 0 Å². The predicted molar refractivity (Wildman–Crippen MR) is 84.4 cm³/mol. The second kappa shape index (κ2) is 4.79. The first-order chi connectivity index (χ1) is 10.2. The van der Waals surface area contributed by atoms with Crippen LogP contribution >= 0.6 is 0 Å². The molecule has 1 N–H and O–H groups in total. The van der Waals surface area contributed by atoms with Gasteiger partial charge in [-0.2, -0.15) is 0 Å². The Labute approximate surface area is 129 Å². The molecule has 22 heavy (non-hydrogen) atoms. The smallest absolute Gasteiger partial charge is 0.478 e. The number of aromatic carboxylic acids is 1. The van der Waals surface area contributed by atoms with Gasteiger partial charge in [0.1, 0.15) is 0 Å². The number of carboxylic acid groups (broad SMARTS) is 1. The van der Waals surface area contributed by atoms with Gasteiger partial charge in [0.2, 0.25) is 0 Å². The third kappa shape index (κ3) is 2.28. The number of carboxylic acids is 1. The van der Waals surface area contributed by atoms with Crippen LogP contribution in [0, 0.1) is 0 Å². The van der Waals surface area contributed by atoms with Gasteiger partial charge in [0.25, 0.3) is 0 Å². The number of carbonyl (C=O) groups is 1. The first-order valence-corrected chi connectivity index (χ1v) is 7.20. The van der Waals surface area contributed by atoms with E-state index in [0.717, 1.165) is 10.9 Å². The van der Waals surface area contributed by atoms with E-state index in [9.17, 15) is 9.90 Å². The minimum Gasteiger partial charge on any atom is -0.478 e. The van der Waals surface area contributed by atoms with Gasteiger partial charge >= 0.3 is 13.1 Å². The lowest BCUT2D eigenvalue weighted by Crippen LogP contribution is -2.41. The summed E-state index contributed by atoms with van der Waals surface area (Å²) in [6, 6.07) is 9.01. The molecule has 1 aromatic heterocycles. The molecule has 0 saturated carbocycles. The van der Waals surface area contributed by atoms with E-state index >= 15 is 0 Å². The SMILES string of the molecule is CC1(C)OB(c2nc3ccccc3cc2C(=O)O)OC1(C)C. The maximum Gasteiger partial charge on any atom is 0.515 e. The van der Waals surface area contributed by atoms with Crippen LogP contribution in [0.25, 0.3) is 10.9 Å². The number of aromatic nitrogens is 1. The third-order valence-electron chi connectivity index (χ3n) is 4.46. The molecule has 5 nitrogen and oxygen atoms in total. The van der Waals surface area contributed by atoms with Crippen LogP contribution in [0.3, 0.4) is 0 Å². The molecule has 0 aliphatic carbocycles. The Balaban J connectivity index is 2.14. The molecule has 1 fully saturated rings. The highest BCUT2D eigenvalue weighted by Crippen LogP contribution is 2.36. The van der Waals surface area contributed by atoms with Crippen molar-refractivity contribution in [3.05, 3.63) is 35.9 Å². The molecule has 0 atom stereocenters. The van der Waals surface area contributed by atoms with Crippen molar-refractivity contribution in [2.24, 2.45) is 0 Å². The molecule has 114 valence electrons. The normalized spacial score (nSPS) is 19.5. The highest BCUT2D eigenvalue weighted by Gasteiger charge is 2.53. The molecular weight excluding hydrogens is 281 g/mol. The van der Waals surface area contributed by atoms with E-state index in [2.05, 4.69) is 4.98 Å². The zero-order valence-corrected chi connectivity index (χ0v) is 13.1. The van der Waals surface area contributed by atoms with Gasteiger partial charge in [0, 0.05) is 5.39 Å². The fraction of sp³-hybridized carbons (Fsp3) is 0.375. The summed E-state index contributed by atoms with van der Waals surface area (Å²) >= 11 is 0. The predicted octanol–water partition coefficient (Wildman–Crippen LogP) is 2.23. The van der Waals surface area contributed by atoms with Crippen molar-refractivity contribution in [2.45, 2.75) is 38.9 Å². The Bertz CT molecular complexity index is 741. The van der Waals surface area contributed by atoms with Crippen molar-refractivity contribution in [2.75, 3.05) is 0 Å². The van der Waals surface area contributed by atoms with Crippen LogP contribution in [-0.2, 0) is 9.31 Å². The molecule has 0 radical (unpaired) electrons. The largest absolute Gasteiger partial charge is 0.515 e. The molecule has 2 heterocycles. The summed E-state index contributed by atoms with van der Waals surface area (Å²) in [6.07, 6.45) is 0. The molecule has 1 aliphatic rings. The molecule has 2 aromatic rings. The van der Waals surface area contributed by atoms with Crippen LogP contribution in [0.4, 0.5) is 0 Å². The van der Waals surface area contributed by atoms with Gasteiger partial charge in [0.05, 0.1) is 27.9 Å². The van der Waals surface area contributed by atoms with E-state index in [1.807, 2.05) is 52.0 Å². The van der Waals surface area contributed by atoms with E-state index < -0.39 is 24.3 Å². The number of nitrogens with zero attached hydrogens (tertiary/aromatic N) is 1. The van der Waals surface area contributed by atoms with Gasteiger partial charge in [0.15, 0.2) is 0 Å². The van der Waals surface area contributed by atoms with Crippen LogP contribution in [0.15, 0.2) is 30.3 Å². The lowest BCUT2D eigenvalue weighted by molar-refractivity contribution is 0.00578. The quantitative estimate of drug-likeness (QED) is 0.861. The van der Waals surface area contributed by atoms with Crippen LogP contribution in [0.1, 0.15) is 38.1 Å². The van der Waals surface area contributed by atoms with E-state index in [-0.39, 0.29) is 5.56 Å². The molecule has 6 heteroatoms. The van der Waals surface area contributed by atoms with E-state index in [4.69, 9.17) is 9.31 Å². The number of hydrogen-bond acceptors (Lipinski definition) is 4. The summed E-state index contributed by atoms with van der Waals surface area (Å²) < 4.78 is 11.9. The third-order valence-corrected chi connectivity index (χ3v) is 4.46. The average Bonchev–Trinajstić information content (AvgIpc) is 2.66. The van der Waals surface area contributed by atoms with E-state index in [1.54, 1.807) is 6.07 Å². The second-order valence-corrected chi connectivity index (χ2v) is 6.51. The van der Waals surface area contributed by atoms with Crippen molar-refractivity contribution in [1.29, 1.82) is 0 Å². The topological polar surface area (TPSA) is 68.7 Å². The van der Waals surface area contributed by atoms with Gasteiger partial charge in [-0.15, -0.1) is 0 Å². The lowest BCUT2D eigenvalue weighted by Gasteiger charge is -2.32. The van der Waals surface area contributed by atoms with Crippen molar-refractivity contribution < 1.29 is 19.2 Å². The average molecular weight is 299 g/mol. The monoisotopic (exact) mass is 299 g/mol. The van der Waals surface area contributed by atoms with Crippen LogP contribution in [0.5, 0.6) is 0 Å². The summed E-state index contributed by atoms with van der Waals surface area (Å²) in [5, 5.41) is 10.3. The highest BCUT2D eigenvalue weighted by molar-refractivity contribution is 6.62. The summed E-state index contributed by atoms with van der Waals surface area (Å²) in [6.45, 7) is 7.70. The Hall–Kier alpha value is -1.92. The fourth-order valence-corrected chi connectivity index (χ4v) is 2.44. The summed E-state index contributed by atoms with van der Waals surface area (Å²) in [7, 11) is -0.791. The Morgan fingerprint density at radius 2 is 1.73 bits per heavy atom. The van der Waals surface area contributed by atoms with Crippen molar-refractivity contribution in [3.8, 4) is 0 Å². The maximum atomic E-state index is 11.6. The second-order valence-electron chi connectivity index (χ2n) is 6.51. The number of fused-ring (bicyclic) bond motifs is 1. The molecule has 1 aromatic carbocycles. The summed E-state index contributed by atoms with van der Waals surface area (Å²) in [5.74, 6) is -1.04. The van der Waals surface area contributed by atoms with Crippen LogP contribution in [-0.4, -0.2) is 34.4 Å². The first kappa shape index (κ1) is 15.0. The van der Waals surface area contributed by atoms with Gasteiger partial charge in [-0.3, -0.25) is 4.98 Å². The van der Waals surface area contributed by atoms with Gasteiger partial charge in [-0.1, -0.05) is 18.2 Å². The van der Waals surface area contributed by atoms with Crippen molar-refractivity contribution >= 4 is 29.6 Å². The standard InChI is InChI=1S/C16H18BNO4/c1-15(2)16(3,4)22-17(21-15)13-11(14(19)20)9-10-7-5-6-8-12(10)18-13/h5-9H,1-4H3,(H,19,20). The number of pyridine rings is 1. The minimum atomic E-state index is -1.04. The van der Waals surface area contributed by atoms with Gasteiger partial charge < -0.3 is 14.4 Å². The number of benzene rings is 1. The number of hydrogen-bond donors (Lipinski definition) is 1. The Kier molecular flexibility index (Phi) is 3.27. The molecule has 1 aliphatic heterocycles. The fourth-order valence-electron chi connectivity index (χ4n) is 2.44. The number of para-hydroxylation sites is 1. The number of rotatable bonds is 2. The highest BCUT2D eigenvalue weighted by atomic mass is 16.7. The molecule has 3 rings (SSSR count). The van der Waals surface area contributed by atoms with Crippen molar-refractivity contribution in [3.63, 3.8) is 0 Å².